The van der Waals surface area contributed by atoms with Crippen LogP contribution < -0.4 is 29.7 Å². The number of nitrogens with one attached hydrogen (secondary N) is 2. The molecule has 1 aliphatic rings. The number of nitrogens with zero attached hydrogens (tertiary/aromatic N) is 1. The molecule has 43 heavy (non-hydrogen) atoms. The van der Waals surface area contributed by atoms with Crippen LogP contribution in [0.15, 0.2) is 106 Å². The van der Waals surface area contributed by atoms with Crippen molar-refractivity contribution in [3.63, 3.8) is 0 Å². The second-order valence-electron chi connectivity index (χ2n) is 9.14. The number of carbonyl (C=O) groups is 3. The minimum Gasteiger partial charge on any atom is -0.497 e. The normalized spacial score (nSPS) is 12.8. The van der Waals surface area contributed by atoms with Gasteiger partial charge >= 0.3 is 0 Å². The Morgan fingerprint density at radius 2 is 1.49 bits per heavy atom. The van der Waals surface area contributed by atoms with E-state index in [0.29, 0.717) is 33.3 Å². The summed E-state index contributed by atoms with van der Waals surface area (Å²) in [6.45, 7) is 0. The van der Waals surface area contributed by atoms with Gasteiger partial charge < -0.3 is 24.8 Å². The zero-order valence-corrected chi connectivity index (χ0v) is 24.2. The molecular weight excluding hydrogens is 573 g/mol. The maximum absolute atomic E-state index is 13.9. The van der Waals surface area contributed by atoms with Crippen LogP contribution in [0.1, 0.15) is 10.4 Å². The van der Waals surface area contributed by atoms with Gasteiger partial charge in [-0.3, -0.25) is 14.4 Å². The summed E-state index contributed by atoms with van der Waals surface area (Å²) >= 11 is 1.05. The van der Waals surface area contributed by atoms with Crippen molar-refractivity contribution in [2.75, 3.05) is 36.9 Å². The molecule has 0 unspecified atom stereocenters. The molecule has 0 aliphatic carbocycles. The molecule has 0 spiro atoms. The highest BCUT2D eigenvalue weighted by molar-refractivity contribution is 8.04. The molecular formula is C32H26FN3O6S. The van der Waals surface area contributed by atoms with E-state index in [1.54, 1.807) is 66.7 Å². The first-order valence-corrected chi connectivity index (χ1v) is 13.7. The number of imide groups is 1. The molecule has 0 saturated heterocycles. The third-order valence-electron chi connectivity index (χ3n) is 6.43. The van der Waals surface area contributed by atoms with Crippen molar-refractivity contribution >= 4 is 46.5 Å². The summed E-state index contributed by atoms with van der Waals surface area (Å²) in [5.41, 5.74) is 1.54. The van der Waals surface area contributed by atoms with Gasteiger partial charge in [0.05, 0.1) is 27.0 Å². The van der Waals surface area contributed by atoms with E-state index in [4.69, 9.17) is 14.2 Å². The molecule has 0 bridgehead atoms. The van der Waals surface area contributed by atoms with E-state index in [1.165, 1.54) is 45.6 Å². The molecule has 0 atom stereocenters. The van der Waals surface area contributed by atoms with Crippen molar-refractivity contribution in [1.29, 1.82) is 0 Å². The summed E-state index contributed by atoms with van der Waals surface area (Å²) < 4.78 is 29.5. The van der Waals surface area contributed by atoms with Crippen molar-refractivity contribution in [3.05, 3.63) is 113 Å². The van der Waals surface area contributed by atoms with Gasteiger partial charge in [-0.05, 0) is 72.8 Å². The van der Waals surface area contributed by atoms with Crippen LogP contribution in [0.3, 0.4) is 0 Å². The number of thioether (sulfide) groups is 1. The smallest absolute Gasteiger partial charge is 0.283 e. The molecule has 11 heteroatoms. The monoisotopic (exact) mass is 599 g/mol. The fourth-order valence-electron chi connectivity index (χ4n) is 4.30. The Labute approximate surface area is 251 Å². The highest BCUT2D eigenvalue weighted by Crippen LogP contribution is 2.42. The van der Waals surface area contributed by atoms with Gasteiger partial charge in [-0.2, -0.15) is 0 Å². The van der Waals surface area contributed by atoms with E-state index < -0.39 is 17.6 Å². The molecule has 5 rings (SSSR count). The fourth-order valence-corrected chi connectivity index (χ4v) is 5.29. The van der Waals surface area contributed by atoms with E-state index in [0.717, 1.165) is 16.7 Å². The highest BCUT2D eigenvalue weighted by atomic mass is 32.2. The molecule has 1 aliphatic heterocycles. The van der Waals surface area contributed by atoms with E-state index in [1.807, 2.05) is 0 Å². The Morgan fingerprint density at radius 1 is 0.767 bits per heavy atom. The number of amides is 3. The molecule has 0 fully saturated rings. The molecule has 2 N–H and O–H groups in total. The first kappa shape index (κ1) is 29.2. The topological polar surface area (TPSA) is 106 Å². The third kappa shape index (κ3) is 6.31. The van der Waals surface area contributed by atoms with Crippen molar-refractivity contribution < 1.29 is 33.0 Å². The lowest BCUT2D eigenvalue weighted by Gasteiger charge is -2.19. The molecule has 3 amide bonds. The largest absolute Gasteiger partial charge is 0.497 e. The lowest BCUT2D eigenvalue weighted by molar-refractivity contribution is -0.120. The van der Waals surface area contributed by atoms with Gasteiger partial charge in [-0.1, -0.05) is 23.9 Å². The quantitative estimate of drug-likeness (QED) is 0.211. The predicted molar refractivity (Wildman–Crippen MR) is 162 cm³/mol. The van der Waals surface area contributed by atoms with E-state index in [9.17, 15) is 18.8 Å². The number of halogens is 1. The number of anilines is 3. The van der Waals surface area contributed by atoms with Crippen molar-refractivity contribution in [1.82, 2.24) is 0 Å². The first-order chi connectivity index (χ1) is 20.8. The minimum absolute atomic E-state index is 0.00491. The Morgan fingerprint density at radius 3 is 2.21 bits per heavy atom. The lowest BCUT2D eigenvalue weighted by atomic mass is 10.2. The van der Waals surface area contributed by atoms with Gasteiger partial charge in [-0.15, -0.1) is 0 Å². The van der Waals surface area contributed by atoms with Crippen LogP contribution in [-0.4, -0.2) is 39.1 Å². The van der Waals surface area contributed by atoms with Gasteiger partial charge in [0.25, 0.3) is 17.7 Å². The molecule has 4 aromatic rings. The average molecular weight is 600 g/mol. The molecule has 218 valence electrons. The highest BCUT2D eigenvalue weighted by Gasteiger charge is 2.41. The fraction of sp³-hybridized carbons (Fsp3) is 0.0938. The molecule has 1 heterocycles. The number of benzene rings is 4. The Balaban J connectivity index is 1.47. The first-order valence-electron chi connectivity index (χ1n) is 12.9. The number of hydrogen-bond donors (Lipinski definition) is 2. The zero-order chi connectivity index (χ0) is 30.5. The summed E-state index contributed by atoms with van der Waals surface area (Å²) in [5.74, 6) is -0.705. The number of ether oxygens (including phenoxy) is 3. The summed E-state index contributed by atoms with van der Waals surface area (Å²) in [6.07, 6.45) is 0. The molecule has 0 radical (unpaired) electrons. The number of hydrogen-bond acceptors (Lipinski definition) is 8. The molecule has 4 aromatic carbocycles. The van der Waals surface area contributed by atoms with Crippen LogP contribution in [0.25, 0.3) is 0 Å². The van der Waals surface area contributed by atoms with Gasteiger partial charge in [-0.25, -0.2) is 9.29 Å². The third-order valence-corrected chi connectivity index (χ3v) is 7.50. The summed E-state index contributed by atoms with van der Waals surface area (Å²) in [5, 5.41) is 5.84. The summed E-state index contributed by atoms with van der Waals surface area (Å²) in [4.78, 5) is 42.2. The number of rotatable bonds is 10. The lowest BCUT2D eigenvalue weighted by Crippen LogP contribution is -2.32. The molecule has 9 nitrogen and oxygen atoms in total. The van der Waals surface area contributed by atoms with Gasteiger partial charge in [0.2, 0.25) is 0 Å². The standard InChI is InChI=1S/C32H26FN3O6S/c1-40-23-8-4-6-19(16-23)30(37)35-22-7-5-9-25(17-22)43-29-28(34-21-12-10-20(33)11-13-21)31(38)36(32(29)39)26-15-14-24(41-2)18-27(26)42-3/h4-18,34H,1-3H3,(H,35,37). The summed E-state index contributed by atoms with van der Waals surface area (Å²) in [6, 6.07) is 23.8. The van der Waals surface area contributed by atoms with Crippen LogP contribution in [-0.2, 0) is 9.59 Å². The van der Waals surface area contributed by atoms with Crippen LogP contribution >= 0.6 is 11.8 Å². The maximum Gasteiger partial charge on any atom is 0.283 e. The zero-order valence-electron chi connectivity index (χ0n) is 23.3. The van der Waals surface area contributed by atoms with Crippen LogP contribution in [0.2, 0.25) is 0 Å². The van der Waals surface area contributed by atoms with E-state index in [-0.39, 0.29) is 27.9 Å². The van der Waals surface area contributed by atoms with Crippen molar-refractivity contribution in [2.45, 2.75) is 4.90 Å². The second kappa shape index (κ2) is 12.7. The number of carbonyl (C=O) groups excluding carboxylic acids is 3. The predicted octanol–water partition coefficient (Wildman–Crippen LogP) is 6.09. The van der Waals surface area contributed by atoms with Gasteiger partial charge in [0.15, 0.2) is 0 Å². The summed E-state index contributed by atoms with van der Waals surface area (Å²) in [7, 11) is 4.44. The Kier molecular flexibility index (Phi) is 8.63. The Bertz CT molecular complexity index is 1740. The van der Waals surface area contributed by atoms with E-state index >= 15 is 0 Å². The SMILES string of the molecule is COc1cccc(C(=O)Nc2cccc(SC3=C(Nc4ccc(F)cc4)C(=O)N(c4ccc(OC)cc4OC)C3=O)c2)c1. The maximum atomic E-state index is 13.9. The van der Waals surface area contributed by atoms with Crippen LogP contribution in [0.5, 0.6) is 17.2 Å². The molecule has 0 saturated carbocycles. The van der Waals surface area contributed by atoms with Gasteiger partial charge in [0.1, 0.15) is 33.7 Å². The number of methoxy groups -OCH3 is 3. The second-order valence-corrected chi connectivity index (χ2v) is 10.2. The van der Waals surface area contributed by atoms with Crippen molar-refractivity contribution in [2.24, 2.45) is 0 Å². The van der Waals surface area contributed by atoms with Gasteiger partial charge in [0, 0.05) is 27.9 Å². The minimum atomic E-state index is -0.622. The van der Waals surface area contributed by atoms with Crippen LogP contribution in [0.4, 0.5) is 21.5 Å². The molecule has 0 aromatic heterocycles. The average Bonchev–Trinajstić information content (AvgIpc) is 3.25. The Hall–Kier alpha value is -5.29. The van der Waals surface area contributed by atoms with E-state index in [2.05, 4.69) is 10.6 Å². The van der Waals surface area contributed by atoms with Crippen LogP contribution in [0, 0.1) is 5.82 Å². The van der Waals surface area contributed by atoms with Crippen molar-refractivity contribution in [3.8, 4) is 17.2 Å².